The van der Waals surface area contributed by atoms with Gasteiger partial charge in [0.25, 0.3) is 0 Å². The zero-order valence-corrected chi connectivity index (χ0v) is 12.8. The summed E-state index contributed by atoms with van der Waals surface area (Å²) < 4.78 is 5.13. The van der Waals surface area contributed by atoms with E-state index in [2.05, 4.69) is 0 Å². The standard InChI is InChI=1S/C19H21NO2/c1-2-22-14-13-19(21)20(15-17-9-5-3-6-10-17)16-18-11-7-4-8-12-18/h3-14H,2,15-16H2,1H3. The van der Waals surface area contributed by atoms with Crippen LogP contribution in [0.1, 0.15) is 18.1 Å². The minimum Gasteiger partial charge on any atom is -0.501 e. The fourth-order valence-corrected chi connectivity index (χ4v) is 2.13. The summed E-state index contributed by atoms with van der Waals surface area (Å²) in [6, 6.07) is 20.0. The van der Waals surface area contributed by atoms with Crippen LogP contribution in [0, 0.1) is 0 Å². The van der Waals surface area contributed by atoms with Crippen molar-refractivity contribution < 1.29 is 9.53 Å². The number of benzene rings is 2. The summed E-state index contributed by atoms with van der Waals surface area (Å²) >= 11 is 0. The van der Waals surface area contributed by atoms with Crippen LogP contribution >= 0.6 is 0 Å². The van der Waals surface area contributed by atoms with Crippen molar-refractivity contribution in [2.45, 2.75) is 20.0 Å². The van der Waals surface area contributed by atoms with Gasteiger partial charge in [-0.25, -0.2) is 0 Å². The summed E-state index contributed by atoms with van der Waals surface area (Å²) in [5.41, 5.74) is 2.22. The maximum atomic E-state index is 12.4. The van der Waals surface area contributed by atoms with Crippen molar-refractivity contribution in [3.63, 3.8) is 0 Å². The summed E-state index contributed by atoms with van der Waals surface area (Å²) in [4.78, 5) is 14.2. The lowest BCUT2D eigenvalue weighted by molar-refractivity contribution is -0.127. The van der Waals surface area contributed by atoms with E-state index in [1.54, 1.807) is 4.90 Å². The van der Waals surface area contributed by atoms with Crippen molar-refractivity contribution in [1.82, 2.24) is 4.90 Å². The Labute approximate surface area is 131 Å². The van der Waals surface area contributed by atoms with Gasteiger partial charge in [-0.2, -0.15) is 0 Å². The first-order valence-electron chi connectivity index (χ1n) is 7.44. The Balaban J connectivity index is 2.11. The molecule has 0 atom stereocenters. The largest absolute Gasteiger partial charge is 0.501 e. The van der Waals surface area contributed by atoms with Crippen LogP contribution in [0.3, 0.4) is 0 Å². The van der Waals surface area contributed by atoms with Crippen LogP contribution in [0.5, 0.6) is 0 Å². The van der Waals surface area contributed by atoms with Crippen LogP contribution in [-0.4, -0.2) is 17.4 Å². The number of carbonyl (C=O) groups excluding carboxylic acids is 1. The average Bonchev–Trinajstić information content (AvgIpc) is 2.56. The normalized spacial score (nSPS) is 10.6. The first kappa shape index (κ1) is 15.8. The molecule has 0 saturated heterocycles. The van der Waals surface area contributed by atoms with Crippen molar-refractivity contribution in [3.8, 4) is 0 Å². The highest BCUT2D eigenvalue weighted by atomic mass is 16.5. The van der Waals surface area contributed by atoms with E-state index < -0.39 is 0 Å². The first-order chi connectivity index (χ1) is 10.8. The number of hydrogen-bond donors (Lipinski definition) is 0. The number of nitrogens with zero attached hydrogens (tertiary/aromatic N) is 1. The Bertz CT molecular complexity index is 552. The van der Waals surface area contributed by atoms with E-state index in [1.165, 1.54) is 12.3 Å². The third-order valence-electron chi connectivity index (χ3n) is 3.22. The molecular weight excluding hydrogens is 274 g/mol. The van der Waals surface area contributed by atoms with Crippen LogP contribution in [0.15, 0.2) is 73.0 Å². The molecule has 3 heteroatoms. The van der Waals surface area contributed by atoms with Crippen LogP contribution in [0.25, 0.3) is 0 Å². The van der Waals surface area contributed by atoms with Gasteiger partial charge < -0.3 is 9.64 Å². The van der Waals surface area contributed by atoms with Gasteiger partial charge in [-0.3, -0.25) is 4.79 Å². The van der Waals surface area contributed by atoms with Crippen molar-refractivity contribution in [2.24, 2.45) is 0 Å². The summed E-state index contributed by atoms with van der Waals surface area (Å²) in [5.74, 6) is -0.0545. The average molecular weight is 295 g/mol. The van der Waals surface area contributed by atoms with E-state index in [-0.39, 0.29) is 5.91 Å². The Morgan fingerprint density at radius 3 is 1.91 bits per heavy atom. The molecule has 0 heterocycles. The summed E-state index contributed by atoms with van der Waals surface area (Å²) in [7, 11) is 0. The smallest absolute Gasteiger partial charge is 0.250 e. The molecule has 0 aliphatic rings. The van der Waals surface area contributed by atoms with Gasteiger partial charge >= 0.3 is 0 Å². The molecule has 22 heavy (non-hydrogen) atoms. The van der Waals surface area contributed by atoms with Gasteiger partial charge in [0.2, 0.25) is 5.91 Å². The van der Waals surface area contributed by atoms with Crippen molar-refractivity contribution in [3.05, 3.63) is 84.1 Å². The van der Waals surface area contributed by atoms with Gasteiger partial charge in [-0.05, 0) is 18.1 Å². The highest BCUT2D eigenvalue weighted by molar-refractivity contribution is 5.87. The van der Waals surface area contributed by atoms with Crippen LogP contribution < -0.4 is 0 Å². The highest BCUT2D eigenvalue weighted by Crippen LogP contribution is 2.10. The molecule has 2 aromatic rings. The molecule has 3 nitrogen and oxygen atoms in total. The molecule has 0 unspecified atom stereocenters. The van der Waals surface area contributed by atoms with E-state index in [9.17, 15) is 4.79 Å². The molecule has 0 aliphatic heterocycles. The second-order valence-corrected chi connectivity index (χ2v) is 4.92. The summed E-state index contributed by atoms with van der Waals surface area (Å²) in [5, 5.41) is 0. The molecule has 0 fully saturated rings. The van der Waals surface area contributed by atoms with Crippen LogP contribution in [-0.2, 0) is 22.6 Å². The Kier molecular flexibility index (Phi) is 6.24. The molecule has 0 aliphatic carbocycles. The lowest BCUT2D eigenvalue weighted by atomic mass is 10.1. The fourth-order valence-electron chi connectivity index (χ4n) is 2.13. The Hall–Kier alpha value is -2.55. The van der Waals surface area contributed by atoms with Crippen molar-refractivity contribution in [2.75, 3.05) is 6.61 Å². The second kappa shape index (κ2) is 8.67. The molecule has 1 amide bonds. The molecule has 2 aromatic carbocycles. The molecule has 0 N–H and O–H groups in total. The minimum atomic E-state index is -0.0545. The number of carbonyl (C=O) groups is 1. The predicted octanol–water partition coefficient (Wildman–Crippen LogP) is 3.77. The molecule has 0 radical (unpaired) electrons. The van der Waals surface area contributed by atoms with Crippen molar-refractivity contribution >= 4 is 5.91 Å². The molecule has 2 rings (SSSR count). The maximum absolute atomic E-state index is 12.4. The van der Waals surface area contributed by atoms with E-state index in [4.69, 9.17) is 4.74 Å². The van der Waals surface area contributed by atoms with Crippen LogP contribution in [0.4, 0.5) is 0 Å². The molecule has 0 aromatic heterocycles. The fraction of sp³-hybridized carbons (Fsp3) is 0.211. The highest BCUT2D eigenvalue weighted by Gasteiger charge is 2.12. The first-order valence-corrected chi connectivity index (χ1v) is 7.44. The third-order valence-corrected chi connectivity index (χ3v) is 3.22. The van der Waals surface area contributed by atoms with E-state index >= 15 is 0 Å². The summed E-state index contributed by atoms with van der Waals surface area (Å²) in [6.45, 7) is 3.59. The van der Waals surface area contributed by atoms with Gasteiger partial charge in [0.05, 0.1) is 12.9 Å². The quantitative estimate of drug-likeness (QED) is 0.575. The second-order valence-electron chi connectivity index (χ2n) is 4.92. The molecule has 114 valence electrons. The van der Waals surface area contributed by atoms with Gasteiger partial charge in [0.1, 0.15) is 0 Å². The molecular formula is C19H21NO2. The topological polar surface area (TPSA) is 29.5 Å². The zero-order valence-electron chi connectivity index (χ0n) is 12.8. The van der Waals surface area contributed by atoms with Gasteiger partial charge in [0, 0.05) is 19.2 Å². The van der Waals surface area contributed by atoms with E-state index in [1.807, 2.05) is 67.6 Å². The predicted molar refractivity (Wildman–Crippen MR) is 87.9 cm³/mol. The number of ether oxygens (including phenoxy) is 1. The third kappa shape index (κ3) is 5.09. The van der Waals surface area contributed by atoms with Crippen LogP contribution in [0.2, 0.25) is 0 Å². The number of rotatable bonds is 7. The lowest BCUT2D eigenvalue weighted by Gasteiger charge is -2.21. The lowest BCUT2D eigenvalue weighted by Crippen LogP contribution is -2.28. The Morgan fingerprint density at radius 1 is 0.955 bits per heavy atom. The maximum Gasteiger partial charge on any atom is 0.250 e. The van der Waals surface area contributed by atoms with E-state index in [0.29, 0.717) is 19.7 Å². The van der Waals surface area contributed by atoms with Gasteiger partial charge in [-0.1, -0.05) is 60.7 Å². The van der Waals surface area contributed by atoms with Gasteiger partial charge in [-0.15, -0.1) is 0 Å². The van der Waals surface area contributed by atoms with Crippen molar-refractivity contribution in [1.29, 1.82) is 0 Å². The molecule has 0 saturated carbocycles. The molecule has 0 bridgehead atoms. The summed E-state index contributed by atoms with van der Waals surface area (Å²) in [6.07, 6.45) is 2.95. The minimum absolute atomic E-state index is 0.0545. The number of amides is 1. The SMILES string of the molecule is CCOC=CC(=O)N(Cc1ccccc1)Cc1ccccc1. The number of hydrogen-bond acceptors (Lipinski definition) is 2. The molecule has 0 spiro atoms. The van der Waals surface area contributed by atoms with E-state index in [0.717, 1.165) is 11.1 Å². The monoisotopic (exact) mass is 295 g/mol. The van der Waals surface area contributed by atoms with Gasteiger partial charge in [0.15, 0.2) is 0 Å². The Morgan fingerprint density at radius 2 is 1.45 bits per heavy atom. The zero-order chi connectivity index (χ0) is 15.6.